The van der Waals surface area contributed by atoms with E-state index in [1.165, 1.54) is 6.08 Å². The Morgan fingerprint density at radius 1 is 1.25 bits per heavy atom. The van der Waals surface area contributed by atoms with Crippen molar-refractivity contribution in [2.45, 2.75) is 6.42 Å². The van der Waals surface area contributed by atoms with Gasteiger partial charge in [-0.05, 0) is 30.2 Å². The Balaban J connectivity index is 2.35. The van der Waals surface area contributed by atoms with Crippen LogP contribution in [0.5, 0.6) is 0 Å². The number of rotatable bonds is 9. The summed E-state index contributed by atoms with van der Waals surface area (Å²) in [5.41, 5.74) is 0.756. The molecule has 112 valence electrons. The van der Waals surface area contributed by atoms with Crippen molar-refractivity contribution in [2.24, 2.45) is 0 Å². The topological polar surface area (TPSA) is 75.6 Å². The fourth-order valence-electron chi connectivity index (χ4n) is 1.35. The maximum absolute atomic E-state index is 11.7. The Labute approximate surface area is 124 Å². The molecule has 5 nitrogen and oxygen atoms in total. The predicted molar refractivity (Wildman–Crippen MR) is 79.9 cm³/mol. The van der Waals surface area contributed by atoms with E-state index >= 15 is 0 Å². The molecule has 0 unspecified atom stereocenters. The number of hydrogen-bond donors (Lipinski definition) is 2. The molecule has 2 N–H and O–H groups in total. The van der Waals surface area contributed by atoms with E-state index in [-0.39, 0.29) is 13.2 Å². The Bertz CT molecular complexity index is 514. The standard InChI is InChI=1S/C13H18ClNO4S/c14-13-4-2-12(3-5-13)6-11-20(17,18)15-7-1-9-19-10-8-16/h2-6,11,15-16H,1,7-10H2/b11-6+. The second-order valence-electron chi connectivity index (χ2n) is 3.98. The maximum atomic E-state index is 11.7. The summed E-state index contributed by atoms with van der Waals surface area (Å²) in [6, 6.07) is 6.85. The van der Waals surface area contributed by atoms with Crippen LogP contribution < -0.4 is 4.72 Å². The molecule has 20 heavy (non-hydrogen) atoms. The highest BCUT2D eigenvalue weighted by Gasteiger charge is 2.03. The third-order valence-corrected chi connectivity index (χ3v) is 3.67. The van der Waals surface area contributed by atoms with Gasteiger partial charge in [-0.3, -0.25) is 0 Å². The molecule has 0 fully saturated rings. The largest absolute Gasteiger partial charge is 0.394 e. The molecule has 1 aromatic rings. The second-order valence-corrected chi connectivity index (χ2v) is 6.07. The van der Waals surface area contributed by atoms with Crippen LogP contribution in [0.1, 0.15) is 12.0 Å². The summed E-state index contributed by atoms with van der Waals surface area (Å²) >= 11 is 5.74. The van der Waals surface area contributed by atoms with Crippen LogP contribution in [0, 0.1) is 0 Å². The first-order chi connectivity index (χ1) is 9.53. The van der Waals surface area contributed by atoms with Crippen molar-refractivity contribution in [3.63, 3.8) is 0 Å². The molecule has 0 radical (unpaired) electrons. The molecule has 1 aromatic carbocycles. The zero-order valence-electron chi connectivity index (χ0n) is 11.0. The fourth-order valence-corrected chi connectivity index (χ4v) is 2.33. The van der Waals surface area contributed by atoms with Gasteiger partial charge in [0.1, 0.15) is 0 Å². The highest BCUT2D eigenvalue weighted by Crippen LogP contribution is 2.11. The van der Waals surface area contributed by atoms with Crippen LogP contribution in [0.25, 0.3) is 6.08 Å². The van der Waals surface area contributed by atoms with Crippen molar-refractivity contribution < 1.29 is 18.3 Å². The molecule has 0 saturated carbocycles. The molecular weight excluding hydrogens is 302 g/mol. The fraction of sp³-hybridized carbons (Fsp3) is 0.385. The van der Waals surface area contributed by atoms with Gasteiger partial charge in [-0.1, -0.05) is 23.7 Å². The number of nitrogens with one attached hydrogen (secondary N) is 1. The molecular formula is C13H18ClNO4S. The van der Waals surface area contributed by atoms with Crippen molar-refractivity contribution in [3.05, 3.63) is 40.3 Å². The Morgan fingerprint density at radius 2 is 1.95 bits per heavy atom. The summed E-state index contributed by atoms with van der Waals surface area (Å²) in [4.78, 5) is 0. The lowest BCUT2D eigenvalue weighted by molar-refractivity contribution is 0.0913. The summed E-state index contributed by atoms with van der Waals surface area (Å²) < 4.78 is 30.8. The first-order valence-corrected chi connectivity index (χ1v) is 8.08. The van der Waals surface area contributed by atoms with Gasteiger partial charge in [0.15, 0.2) is 0 Å². The van der Waals surface area contributed by atoms with Crippen molar-refractivity contribution >= 4 is 27.7 Å². The normalized spacial score (nSPS) is 12.1. The third-order valence-electron chi connectivity index (χ3n) is 2.31. The van der Waals surface area contributed by atoms with Gasteiger partial charge >= 0.3 is 0 Å². The van der Waals surface area contributed by atoms with Gasteiger partial charge in [0, 0.05) is 23.6 Å². The predicted octanol–water partition coefficient (Wildman–Crippen LogP) is 1.63. The smallest absolute Gasteiger partial charge is 0.233 e. The summed E-state index contributed by atoms with van der Waals surface area (Å²) in [5.74, 6) is 0. The highest BCUT2D eigenvalue weighted by atomic mass is 35.5. The molecule has 7 heteroatoms. The summed E-state index contributed by atoms with van der Waals surface area (Å²) in [6.07, 6.45) is 2.05. The minimum atomic E-state index is -3.45. The van der Waals surface area contributed by atoms with E-state index in [1.54, 1.807) is 24.3 Å². The van der Waals surface area contributed by atoms with Crippen molar-refractivity contribution in [2.75, 3.05) is 26.4 Å². The lowest BCUT2D eigenvalue weighted by Crippen LogP contribution is -2.23. The quantitative estimate of drug-likeness (QED) is 0.678. The van der Waals surface area contributed by atoms with Gasteiger partial charge in [0.05, 0.1) is 13.2 Å². The average Bonchev–Trinajstić information content (AvgIpc) is 2.42. The average molecular weight is 320 g/mol. The number of sulfonamides is 1. The van der Waals surface area contributed by atoms with Crippen LogP contribution in [-0.4, -0.2) is 39.9 Å². The number of hydrogen-bond acceptors (Lipinski definition) is 4. The molecule has 0 atom stereocenters. The Kier molecular flexibility index (Phi) is 7.79. The van der Waals surface area contributed by atoms with Gasteiger partial charge in [-0.25, -0.2) is 13.1 Å². The molecule has 0 amide bonds. The van der Waals surface area contributed by atoms with Crippen LogP contribution in [0.4, 0.5) is 0 Å². The molecule has 1 rings (SSSR count). The van der Waals surface area contributed by atoms with Crippen molar-refractivity contribution in [3.8, 4) is 0 Å². The van der Waals surface area contributed by atoms with Crippen molar-refractivity contribution in [1.29, 1.82) is 0 Å². The van der Waals surface area contributed by atoms with Crippen LogP contribution >= 0.6 is 11.6 Å². The molecule has 0 saturated heterocycles. The van der Waals surface area contributed by atoms with Crippen LogP contribution in [0.2, 0.25) is 5.02 Å². The van der Waals surface area contributed by atoms with E-state index in [2.05, 4.69) is 4.72 Å². The minimum absolute atomic E-state index is 0.0322. The molecule has 0 bridgehead atoms. The van der Waals surface area contributed by atoms with E-state index in [0.29, 0.717) is 24.6 Å². The van der Waals surface area contributed by atoms with E-state index in [0.717, 1.165) is 11.0 Å². The van der Waals surface area contributed by atoms with Crippen LogP contribution in [0.3, 0.4) is 0 Å². The maximum Gasteiger partial charge on any atom is 0.233 e. The zero-order valence-corrected chi connectivity index (χ0v) is 12.5. The van der Waals surface area contributed by atoms with Gasteiger partial charge in [0.25, 0.3) is 0 Å². The van der Waals surface area contributed by atoms with Crippen LogP contribution in [0.15, 0.2) is 29.7 Å². The first kappa shape index (κ1) is 17.1. The van der Waals surface area contributed by atoms with Gasteiger partial charge in [-0.15, -0.1) is 0 Å². The number of ether oxygens (including phenoxy) is 1. The zero-order chi connectivity index (χ0) is 14.8. The van der Waals surface area contributed by atoms with E-state index < -0.39 is 10.0 Å². The summed E-state index contributed by atoms with van der Waals surface area (Å²) in [5, 5.41) is 10.2. The molecule has 0 aliphatic heterocycles. The Morgan fingerprint density at radius 3 is 2.60 bits per heavy atom. The van der Waals surface area contributed by atoms with E-state index in [1.807, 2.05) is 0 Å². The van der Waals surface area contributed by atoms with Gasteiger partial charge in [-0.2, -0.15) is 0 Å². The molecule has 0 heterocycles. The number of benzene rings is 1. The molecule has 0 spiro atoms. The number of aliphatic hydroxyl groups excluding tert-OH is 1. The lowest BCUT2D eigenvalue weighted by atomic mass is 10.2. The monoisotopic (exact) mass is 319 g/mol. The number of halogens is 1. The summed E-state index contributed by atoms with van der Waals surface area (Å²) in [6.45, 7) is 0.932. The van der Waals surface area contributed by atoms with Gasteiger partial charge < -0.3 is 9.84 Å². The first-order valence-electron chi connectivity index (χ1n) is 6.15. The minimum Gasteiger partial charge on any atom is -0.394 e. The van der Waals surface area contributed by atoms with Gasteiger partial charge in [0.2, 0.25) is 10.0 Å². The van der Waals surface area contributed by atoms with Crippen molar-refractivity contribution in [1.82, 2.24) is 4.72 Å². The van der Waals surface area contributed by atoms with E-state index in [4.69, 9.17) is 21.4 Å². The number of aliphatic hydroxyl groups is 1. The molecule has 0 aliphatic rings. The SMILES string of the molecule is O=S(=O)(/C=C/c1ccc(Cl)cc1)NCCCOCCO. The Hall–Kier alpha value is -0.920. The third kappa shape index (κ3) is 7.62. The van der Waals surface area contributed by atoms with Crippen LogP contribution in [-0.2, 0) is 14.8 Å². The summed E-state index contributed by atoms with van der Waals surface area (Å²) in [7, 11) is -3.45. The second kappa shape index (κ2) is 9.10. The molecule has 0 aliphatic carbocycles. The van der Waals surface area contributed by atoms with E-state index in [9.17, 15) is 8.42 Å². The highest BCUT2D eigenvalue weighted by molar-refractivity contribution is 7.92. The lowest BCUT2D eigenvalue weighted by Gasteiger charge is -2.03. The molecule has 0 aromatic heterocycles.